The smallest absolute Gasteiger partial charge is 0.321 e. The fraction of sp³-hybridized carbons (Fsp3) is 0.467. The van der Waals surface area contributed by atoms with Crippen LogP contribution in [0.2, 0.25) is 5.02 Å². The van der Waals surface area contributed by atoms with Crippen molar-refractivity contribution in [3.05, 3.63) is 28.8 Å². The van der Waals surface area contributed by atoms with E-state index in [2.05, 4.69) is 10.6 Å². The van der Waals surface area contributed by atoms with Crippen LogP contribution in [0.25, 0.3) is 0 Å². The Morgan fingerprint density at radius 1 is 1.38 bits per heavy atom. The van der Waals surface area contributed by atoms with Crippen LogP contribution in [0.3, 0.4) is 0 Å². The van der Waals surface area contributed by atoms with Crippen LogP contribution in [-0.2, 0) is 9.59 Å². The molecule has 1 amide bonds. The maximum Gasteiger partial charge on any atom is 0.321 e. The van der Waals surface area contributed by atoms with Gasteiger partial charge < -0.3 is 15.7 Å². The van der Waals surface area contributed by atoms with E-state index in [0.717, 1.165) is 18.4 Å². The minimum absolute atomic E-state index is 0.120. The van der Waals surface area contributed by atoms with E-state index in [-0.39, 0.29) is 12.3 Å². The first kappa shape index (κ1) is 17.5. The third-order valence-electron chi connectivity index (χ3n) is 3.08. The van der Waals surface area contributed by atoms with Crippen LogP contribution < -0.4 is 10.6 Å². The fourth-order valence-corrected chi connectivity index (χ4v) is 1.99. The molecule has 6 heteroatoms. The van der Waals surface area contributed by atoms with E-state index in [0.29, 0.717) is 17.3 Å². The van der Waals surface area contributed by atoms with Gasteiger partial charge in [0, 0.05) is 10.7 Å². The zero-order chi connectivity index (χ0) is 15.8. The summed E-state index contributed by atoms with van der Waals surface area (Å²) >= 11 is 5.88. The quantitative estimate of drug-likeness (QED) is 0.645. The molecule has 1 aromatic carbocycles. The van der Waals surface area contributed by atoms with Crippen molar-refractivity contribution in [3.8, 4) is 0 Å². The van der Waals surface area contributed by atoms with Gasteiger partial charge in [-0.25, -0.2) is 0 Å². The van der Waals surface area contributed by atoms with E-state index in [4.69, 9.17) is 16.7 Å². The predicted octanol–water partition coefficient (Wildman–Crippen LogP) is 2.82. The second-order valence-corrected chi connectivity index (χ2v) is 5.35. The monoisotopic (exact) mass is 312 g/mol. The highest BCUT2D eigenvalue weighted by molar-refractivity contribution is 6.31. The molecule has 21 heavy (non-hydrogen) atoms. The topological polar surface area (TPSA) is 78.4 Å². The molecule has 0 bridgehead atoms. The molecule has 1 atom stereocenters. The number of carbonyl (C=O) groups excluding carboxylic acids is 1. The summed E-state index contributed by atoms with van der Waals surface area (Å²) < 4.78 is 0. The van der Waals surface area contributed by atoms with Gasteiger partial charge >= 0.3 is 5.97 Å². The van der Waals surface area contributed by atoms with Crippen molar-refractivity contribution < 1.29 is 14.7 Å². The van der Waals surface area contributed by atoms with E-state index >= 15 is 0 Å². The molecule has 0 aliphatic heterocycles. The second kappa shape index (κ2) is 8.64. The molecular weight excluding hydrogens is 292 g/mol. The molecule has 116 valence electrons. The molecule has 0 saturated heterocycles. The maximum atomic E-state index is 12.0. The summed E-state index contributed by atoms with van der Waals surface area (Å²) in [6.07, 6.45) is 1.72. The second-order valence-electron chi connectivity index (χ2n) is 4.91. The summed E-state index contributed by atoms with van der Waals surface area (Å²) in [5.41, 5.74) is 1.48. The summed E-state index contributed by atoms with van der Waals surface area (Å²) in [6.45, 7) is 4.45. The van der Waals surface area contributed by atoms with Crippen molar-refractivity contribution in [2.45, 2.75) is 39.2 Å². The molecular formula is C15H21ClN2O3. The molecule has 0 heterocycles. The number of halogens is 1. The normalized spacial score (nSPS) is 12.0. The van der Waals surface area contributed by atoms with Crippen molar-refractivity contribution in [2.75, 3.05) is 11.9 Å². The largest absolute Gasteiger partial charge is 0.480 e. The van der Waals surface area contributed by atoms with E-state index in [1.165, 1.54) is 0 Å². The van der Waals surface area contributed by atoms with Gasteiger partial charge in [-0.05, 0) is 37.6 Å². The Balaban J connectivity index is 2.61. The Hall–Kier alpha value is -1.59. The minimum atomic E-state index is -1.02. The number of unbranched alkanes of at least 4 members (excludes halogenated alkanes) is 1. The maximum absolute atomic E-state index is 12.0. The number of carboxylic acids is 1. The van der Waals surface area contributed by atoms with E-state index < -0.39 is 12.0 Å². The SMILES string of the molecule is CCCCNC(CC(=O)Nc1cc(Cl)ccc1C)C(=O)O. The van der Waals surface area contributed by atoms with Crippen LogP contribution in [0.5, 0.6) is 0 Å². The molecule has 1 unspecified atom stereocenters. The molecule has 0 spiro atoms. The Morgan fingerprint density at radius 3 is 2.71 bits per heavy atom. The number of benzene rings is 1. The minimum Gasteiger partial charge on any atom is -0.480 e. The van der Waals surface area contributed by atoms with Crippen LogP contribution in [0.1, 0.15) is 31.7 Å². The highest BCUT2D eigenvalue weighted by Gasteiger charge is 2.20. The lowest BCUT2D eigenvalue weighted by Crippen LogP contribution is -2.40. The van der Waals surface area contributed by atoms with Gasteiger partial charge in [-0.3, -0.25) is 9.59 Å². The lowest BCUT2D eigenvalue weighted by atomic mass is 10.1. The van der Waals surface area contributed by atoms with Gasteiger partial charge in [-0.1, -0.05) is 31.0 Å². The number of hydrogen-bond donors (Lipinski definition) is 3. The molecule has 1 rings (SSSR count). The van der Waals surface area contributed by atoms with Crippen LogP contribution in [0, 0.1) is 6.92 Å². The zero-order valence-corrected chi connectivity index (χ0v) is 13.0. The number of carbonyl (C=O) groups is 2. The third kappa shape index (κ3) is 6.14. The molecule has 3 N–H and O–H groups in total. The first-order chi connectivity index (χ1) is 9.93. The number of rotatable bonds is 8. The molecule has 0 radical (unpaired) electrons. The molecule has 0 aliphatic rings. The van der Waals surface area contributed by atoms with Crippen molar-refractivity contribution >= 4 is 29.2 Å². The average molecular weight is 313 g/mol. The lowest BCUT2D eigenvalue weighted by molar-refractivity contribution is -0.141. The van der Waals surface area contributed by atoms with Gasteiger partial charge in [0.1, 0.15) is 6.04 Å². The zero-order valence-electron chi connectivity index (χ0n) is 12.3. The van der Waals surface area contributed by atoms with Gasteiger partial charge in [0.25, 0.3) is 0 Å². The molecule has 0 saturated carbocycles. The highest BCUT2D eigenvalue weighted by atomic mass is 35.5. The van der Waals surface area contributed by atoms with Gasteiger partial charge in [0.15, 0.2) is 0 Å². The summed E-state index contributed by atoms with van der Waals surface area (Å²) in [7, 11) is 0. The van der Waals surface area contributed by atoms with Crippen molar-refractivity contribution in [1.29, 1.82) is 0 Å². The number of carboxylic acid groups (broad SMARTS) is 1. The van der Waals surface area contributed by atoms with E-state index in [1.54, 1.807) is 18.2 Å². The molecule has 5 nitrogen and oxygen atoms in total. The van der Waals surface area contributed by atoms with Gasteiger partial charge in [-0.15, -0.1) is 0 Å². The number of amides is 1. The average Bonchev–Trinajstić information content (AvgIpc) is 2.42. The van der Waals surface area contributed by atoms with Crippen molar-refractivity contribution in [3.63, 3.8) is 0 Å². The van der Waals surface area contributed by atoms with Crippen LogP contribution in [-0.4, -0.2) is 29.6 Å². The summed E-state index contributed by atoms with van der Waals surface area (Å²) in [5.74, 6) is -1.37. The van der Waals surface area contributed by atoms with Crippen LogP contribution in [0.15, 0.2) is 18.2 Å². The molecule has 1 aromatic rings. The summed E-state index contributed by atoms with van der Waals surface area (Å²) in [4.78, 5) is 23.1. The first-order valence-corrected chi connectivity index (χ1v) is 7.34. The number of anilines is 1. The van der Waals surface area contributed by atoms with Gasteiger partial charge in [0.2, 0.25) is 5.91 Å². The number of hydrogen-bond acceptors (Lipinski definition) is 3. The van der Waals surface area contributed by atoms with Crippen LogP contribution >= 0.6 is 11.6 Å². The number of aliphatic carboxylic acids is 1. The molecule has 0 aliphatic carbocycles. The molecule has 0 fully saturated rings. The predicted molar refractivity (Wildman–Crippen MR) is 83.8 cm³/mol. The van der Waals surface area contributed by atoms with Crippen molar-refractivity contribution in [1.82, 2.24) is 5.32 Å². The standard InChI is InChI=1S/C15H21ClN2O3/c1-3-4-7-17-13(15(20)21)9-14(19)18-12-8-11(16)6-5-10(12)2/h5-6,8,13,17H,3-4,7,9H2,1-2H3,(H,18,19)(H,20,21). The summed E-state index contributed by atoms with van der Waals surface area (Å²) in [6, 6.07) is 4.30. The summed E-state index contributed by atoms with van der Waals surface area (Å²) in [5, 5.41) is 15.2. The highest BCUT2D eigenvalue weighted by Crippen LogP contribution is 2.20. The molecule has 0 aromatic heterocycles. The Labute approximate surface area is 129 Å². The lowest BCUT2D eigenvalue weighted by Gasteiger charge is -2.15. The number of aryl methyl sites for hydroxylation is 1. The van der Waals surface area contributed by atoms with Crippen molar-refractivity contribution in [2.24, 2.45) is 0 Å². The Kier molecular flexibility index (Phi) is 7.19. The van der Waals surface area contributed by atoms with Gasteiger partial charge in [0.05, 0.1) is 6.42 Å². The first-order valence-electron chi connectivity index (χ1n) is 6.96. The van der Waals surface area contributed by atoms with E-state index in [1.807, 2.05) is 13.8 Å². The Morgan fingerprint density at radius 2 is 2.10 bits per heavy atom. The third-order valence-corrected chi connectivity index (χ3v) is 3.32. The van der Waals surface area contributed by atoms with Crippen LogP contribution in [0.4, 0.5) is 5.69 Å². The fourth-order valence-electron chi connectivity index (χ4n) is 1.82. The van der Waals surface area contributed by atoms with Gasteiger partial charge in [-0.2, -0.15) is 0 Å². The van der Waals surface area contributed by atoms with E-state index in [9.17, 15) is 9.59 Å². The number of nitrogens with one attached hydrogen (secondary N) is 2. The Bertz CT molecular complexity index is 506.